The molecule has 0 aromatic carbocycles. The molecule has 0 radical (unpaired) electrons. The zero-order valence-electron chi connectivity index (χ0n) is 10.7. The van der Waals surface area contributed by atoms with Gasteiger partial charge in [-0.05, 0) is 35.7 Å². The van der Waals surface area contributed by atoms with Gasteiger partial charge in [0.05, 0.1) is 11.0 Å². The second-order valence-electron chi connectivity index (χ2n) is 4.43. The van der Waals surface area contributed by atoms with E-state index in [1.165, 1.54) is 6.33 Å². The third-order valence-corrected chi connectivity index (χ3v) is 6.12. The maximum atomic E-state index is 11.7. The van der Waals surface area contributed by atoms with Crippen molar-refractivity contribution in [1.82, 2.24) is 9.97 Å². The summed E-state index contributed by atoms with van der Waals surface area (Å²) < 4.78 is 24.2. The minimum atomic E-state index is -2.93. The Morgan fingerprint density at radius 3 is 2.63 bits per heavy atom. The number of rotatable bonds is 5. The van der Waals surface area contributed by atoms with Gasteiger partial charge in [0.1, 0.15) is 22.4 Å². The van der Waals surface area contributed by atoms with Crippen LogP contribution in [-0.4, -0.2) is 42.5 Å². The smallest absolute Gasteiger partial charge is 0.154 e. The van der Waals surface area contributed by atoms with Crippen LogP contribution in [0.2, 0.25) is 0 Å². The van der Waals surface area contributed by atoms with Crippen molar-refractivity contribution in [3.63, 3.8) is 0 Å². The number of aromatic nitrogens is 2. The molecule has 1 aromatic rings. The van der Waals surface area contributed by atoms with Gasteiger partial charge in [-0.15, -0.1) is 0 Å². The standard InChI is InChI=1S/C11H17BrN4O2S/c1-2-13-10-9(12)11(16-7-15-10)14-6-8-4-3-5-19(8,17)18/h7-8H,2-6H2,1H3,(H2,13,14,15,16). The summed E-state index contributed by atoms with van der Waals surface area (Å²) in [5.41, 5.74) is 0. The second-order valence-corrected chi connectivity index (χ2v) is 7.62. The van der Waals surface area contributed by atoms with E-state index in [4.69, 9.17) is 0 Å². The molecule has 0 amide bonds. The molecular formula is C11H17BrN4O2S. The number of anilines is 2. The third kappa shape index (κ3) is 3.36. The summed E-state index contributed by atoms with van der Waals surface area (Å²) in [5.74, 6) is 1.62. The van der Waals surface area contributed by atoms with E-state index in [9.17, 15) is 8.42 Å². The summed E-state index contributed by atoms with van der Waals surface area (Å²) in [6.07, 6.45) is 2.93. The van der Waals surface area contributed by atoms with Gasteiger partial charge in [-0.1, -0.05) is 0 Å². The zero-order chi connectivity index (χ0) is 13.9. The topological polar surface area (TPSA) is 84.0 Å². The van der Waals surface area contributed by atoms with Crippen LogP contribution in [0.5, 0.6) is 0 Å². The first-order valence-electron chi connectivity index (χ1n) is 6.24. The molecule has 1 fully saturated rings. The molecule has 2 rings (SSSR count). The second kappa shape index (κ2) is 6.04. The van der Waals surface area contributed by atoms with Crippen LogP contribution in [0, 0.1) is 0 Å². The molecule has 1 aliphatic rings. The van der Waals surface area contributed by atoms with E-state index < -0.39 is 9.84 Å². The molecule has 2 heterocycles. The molecule has 19 heavy (non-hydrogen) atoms. The van der Waals surface area contributed by atoms with E-state index >= 15 is 0 Å². The molecule has 1 atom stereocenters. The van der Waals surface area contributed by atoms with Gasteiger partial charge in [-0.3, -0.25) is 0 Å². The third-order valence-electron chi connectivity index (χ3n) is 3.09. The Morgan fingerprint density at radius 1 is 1.37 bits per heavy atom. The van der Waals surface area contributed by atoms with Crippen LogP contribution < -0.4 is 10.6 Å². The van der Waals surface area contributed by atoms with E-state index in [1.807, 2.05) is 6.92 Å². The van der Waals surface area contributed by atoms with Crippen molar-refractivity contribution >= 4 is 37.4 Å². The molecule has 106 valence electrons. The first-order chi connectivity index (χ1) is 9.04. The Balaban J connectivity index is 2.06. The predicted octanol–water partition coefficient (Wildman–Crippen LogP) is 1.66. The van der Waals surface area contributed by atoms with E-state index in [0.29, 0.717) is 23.9 Å². The SMILES string of the molecule is CCNc1ncnc(NCC2CCCS2(=O)=O)c1Br. The van der Waals surface area contributed by atoms with Crippen LogP contribution in [-0.2, 0) is 9.84 Å². The van der Waals surface area contributed by atoms with E-state index in [-0.39, 0.29) is 5.25 Å². The molecule has 6 nitrogen and oxygen atoms in total. The summed E-state index contributed by atoms with van der Waals surface area (Å²) in [5, 5.41) is 5.89. The zero-order valence-corrected chi connectivity index (χ0v) is 13.1. The van der Waals surface area contributed by atoms with Gasteiger partial charge in [0.15, 0.2) is 9.84 Å². The minimum absolute atomic E-state index is 0.299. The Labute approximate surface area is 121 Å². The normalized spacial score (nSPS) is 21.3. The molecular weight excluding hydrogens is 332 g/mol. The highest BCUT2D eigenvalue weighted by Crippen LogP contribution is 2.27. The Morgan fingerprint density at radius 2 is 2.05 bits per heavy atom. The van der Waals surface area contributed by atoms with Crippen LogP contribution in [0.1, 0.15) is 19.8 Å². The fourth-order valence-corrected chi connectivity index (χ4v) is 4.33. The van der Waals surface area contributed by atoms with E-state index in [0.717, 1.165) is 23.9 Å². The molecule has 1 unspecified atom stereocenters. The first kappa shape index (κ1) is 14.5. The highest BCUT2D eigenvalue weighted by molar-refractivity contribution is 9.10. The number of nitrogens with zero attached hydrogens (tertiary/aromatic N) is 2. The maximum Gasteiger partial charge on any atom is 0.154 e. The van der Waals surface area contributed by atoms with Gasteiger partial charge in [-0.2, -0.15) is 0 Å². The van der Waals surface area contributed by atoms with Gasteiger partial charge < -0.3 is 10.6 Å². The minimum Gasteiger partial charge on any atom is -0.369 e. The van der Waals surface area contributed by atoms with Gasteiger partial charge in [-0.25, -0.2) is 18.4 Å². The van der Waals surface area contributed by atoms with Crippen LogP contribution in [0.25, 0.3) is 0 Å². The predicted molar refractivity (Wildman–Crippen MR) is 79.2 cm³/mol. The summed E-state index contributed by atoms with van der Waals surface area (Å²) in [6, 6.07) is 0. The van der Waals surface area contributed by atoms with Crippen LogP contribution in [0.4, 0.5) is 11.6 Å². The summed E-state index contributed by atoms with van der Waals surface area (Å²) >= 11 is 3.42. The van der Waals surface area contributed by atoms with Gasteiger partial charge in [0.2, 0.25) is 0 Å². The van der Waals surface area contributed by atoms with Crippen molar-refractivity contribution in [3.8, 4) is 0 Å². The Hall–Kier alpha value is -0.890. The molecule has 1 saturated heterocycles. The van der Waals surface area contributed by atoms with Crippen LogP contribution in [0.3, 0.4) is 0 Å². The van der Waals surface area contributed by atoms with Gasteiger partial charge in [0.25, 0.3) is 0 Å². The van der Waals surface area contributed by atoms with Gasteiger partial charge >= 0.3 is 0 Å². The Kier molecular flexibility index (Phi) is 4.62. The van der Waals surface area contributed by atoms with Crippen LogP contribution in [0.15, 0.2) is 10.8 Å². The summed E-state index contributed by atoms with van der Waals surface area (Å²) in [7, 11) is -2.93. The number of halogens is 1. The fourth-order valence-electron chi connectivity index (χ4n) is 2.08. The summed E-state index contributed by atoms with van der Waals surface area (Å²) in [6.45, 7) is 3.13. The molecule has 1 aromatic heterocycles. The number of nitrogens with one attached hydrogen (secondary N) is 2. The number of sulfone groups is 1. The maximum absolute atomic E-state index is 11.7. The Bertz CT molecular complexity index is 550. The number of hydrogen-bond acceptors (Lipinski definition) is 6. The lowest BCUT2D eigenvalue weighted by Crippen LogP contribution is -2.25. The van der Waals surface area contributed by atoms with Crippen LogP contribution >= 0.6 is 15.9 Å². The lowest BCUT2D eigenvalue weighted by Gasteiger charge is -2.13. The molecule has 0 saturated carbocycles. The van der Waals surface area contributed by atoms with E-state index in [1.54, 1.807) is 0 Å². The molecule has 2 N–H and O–H groups in total. The highest BCUT2D eigenvalue weighted by atomic mass is 79.9. The lowest BCUT2D eigenvalue weighted by atomic mass is 10.2. The van der Waals surface area contributed by atoms with Gasteiger partial charge in [0, 0.05) is 13.1 Å². The first-order valence-corrected chi connectivity index (χ1v) is 8.75. The molecule has 1 aliphatic heterocycles. The average molecular weight is 349 g/mol. The molecule has 0 spiro atoms. The lowest BCUT2D eigenvalue weighted by molar-refractivity contribution is 0.591. The molecule has 0 aliphatic carbocycles. The van der Waals surface area contributed by atoms with Crippen molar-refractivity contribution in [3.05, 3.63) is 10.8 Å². The quantitative estimate of drug-likeness (QED) is 0.841. The summed E-state index contributed by atoms with van der Waals surface area (Å²) in [4.78, 5) is 8.24. The number of hydrogen-bond donors (Lipinski definition) is 2. The van der Waals surface area contributed by atoms with E-state index in [2.05, 4.69) is 36.5 Å². The van der Waals surface area contributed by atoms with Crippen molar-refractivity contribution < 1.29 is 8.42 Å². The van der Waals surface area contributed by atoms with Crippen molar-refractivity contribution in [2.75, 3.05) is 29.5 Å². The van der Waals surface area contributed by atoms with Crippen molar-refractivity contribution in [2.24, 2.45) is 0 Å². The molecule has 8 heteroatoms. The molecule has 0 bridgehead atoms. The largest absolute Gasteiger partial charge is 0.369 e. The van der Waals surface area contributed by atoms with Crippen molar-refractivity contribution in [2.45, 2.75) is 25.0 Å². The monoisotopic (exact) mass is 348 g/mol. The average Bonchev–Trinajstić information content (AvgIpc) is 2.70. The fraction of sp³-hybridized carbons (Fsp3) is 0.636. The highest BCUT2D eigenvalue weighted by Gasteiger charge is 2.31. The van der Waals surface area contributed by atoms with Crippen molar-refractivity contribution in [1.29, 1.82) is 0 Å².